The van der Waals surface area contributed by atoms with Gasteiger partial charge in [0, 0.05) is 19.3 Å². The van der Waals surface area contributed by atoms with Crippen LogP contribution in [0.2, 0.25) is 0 Å². The number of hydrogen-bond acceptors (Lipinski definition) is 6. The van der Waals surface area contributed by atoms with E-state index < -0.39 is 6.10 Å². The van der Waals surface area contributed by atoms with Crippen molar-refractivity contribution in [3.8, 4) is 0 Å². The number of carbonyl (C=O) groups excluding carboxylic acids is 3. The fourth-order valence-corrected chi connectivity index (χ4v) is 10.3. The maximum absolute atomic E-state index is 13.0. The quantitative estimate of drug-likeness (QED) is 0.0261. The zero-order valence-corrected chi connectivity index (χ0v) is 53.3. The monoisotopic (exact) mass is 1120 g/mol. The first-order chi connectivity index (χ1) is 39.5. The van der Waals surface area contributed by atoms with Gasteiger partial charge >= 0.3 is 17.9 Å². The van der Waals surface area contributed by atoms with Gasteiger partial charge in [0.25, 0.3) is 0 Å². The van der Waals surface area contributed by atoms with E-state index in [1.54, 1.807) is 0 Å². The van der Waals surface area contributed by atoms with Crippen LogP contribution >= 0.6 is 0 Å². The van der Waals surface area contributed by atoms with E-state index in [1.165, 1.54) is 212 Å². The molecule has 6 nitrogen and oxygen atoms in total. The molecule has 0 fully saturated rings. The molecule has 6 heteroatoms. The van der Waals surface area contributed by atoms with Crippen molar-refractivity contribution in [2.75, 3.05) is 13.2 Å². The topological polar surface area (TPSA) is 78.9 Å². The Hall–Kier alpha value is -3.15. The molecule has 1 atom stereocenters. The lowest BCUT2D eigenvalue weighted by Gasteiger charge is -2.18. The van der Waals surface area contributed by atoms with E-state index in [1.807, 2.05) is 0 Å². The van der Waals surface area contributed by atoms with E-state index in [9.17, 15) is 14.4 Å². The van der Waals surface area contributed by atoms with Crippen molar-refractivity contribution >= 4 is 17.9 Å². The van der Waals surface area contributed by atoms with Crippen molar-refractivity contribution in [2.24, 2.45) is 0 Å². The molecule has 0 radical (unpaired) electrons. The van der Waals surface area contributed by atoms with E-state index in [-0.39, 0.29) is 31.1 Å². The average molecular weight is 1120 g/mol. The molecule has 0 aliphatic rings. The normalized spacial score (nSPS) is 12.5. The van der Waals surface area contributed by atoms with E-state index in [4.69, 9.17) is 14.2 Å². The van der Waals surface area contributed by atoms with Crippen molar-refractivity contribution in [3.05, 3.63) is 72.9 Å². The van der Waals surface area contributed by atoms with Gasteiger partial charge in [-0.25, -0.2) is 0 Å². The Morgan fingerprint density at radius 1 is 0.263 bits per heavy atom. The minimum atomic E-state index is -0.785. The zero-order valence-electron chi connectivity index (χ0n) is 53.3. The highest BCUT2D eigenvalue weighted by atomic mass is 16.6. The van der Waals surface area contributed by atoms with E-state index in [0.29, 0.717) is 19.3 Å². The first-order valence-electron chi connectivity index (χ1n) is 34.9. The number of rotatable bonds is 64. The van der Waals surface area contributed by atoms with Crippen molar-refractivity contribution in [3.63, 3.8) is 0 Å². The maximum Gasteiger partial charge on any atom is 0.306 e. The number of unbranched alkanes of at least 4 members (excludes halogenated alkanes) is 41. The minimum Gasteiger partial charge on any atom is -0.462 e. The summed E-state index contributed by atoms with van der Waals surface area (Å²) in [6.07, 6.45) is 89.2. The lowest BCUT2D eigenvalue weighted by molar-refractivity contribution is -0.167. The van der Waals surface area contributed by atoms with Gasteiger partial charge in [-0.3, -0.25) is 14.4 Å². The molecular formula is C74H132O6. The van der Waals surface area contributed by atoms with E-state index in [0.717, 1.165) is 109 Å². The molecule has 0 rings (SSSR count). The first-order valence-corrected chi connectivity index (χ1v) is 34.9. The summed E-state index contributed by atoms with van der Waals surface area (Å²) in [4.78, 5) is 38.5. The van der Waals surface area contributed by atoms with Gasteiger partial charge in [0.1, 0.15) is 13.2 Å². The van der Waals surface area contributed by atoms with Gasteiger partial charge in [0.2, 0.25) is 0 Å². The predicted octanol–water partition coefficient (Wildman–Crippen LogP) is 24.1. The molecule has 0 saturated heterocycles. The summed E-state index contributed by atoms with van der Waals surface area (Å²) in [6.45, 7) is 6.57. The standard InChI is InChI=1S/C74H132O6/c1-4-7-10-13-16-19-22-25-28-31-33-35-37-39-40-43-46-49-52-55-58-61-64-67-73(76)79-70-71(69-78-72(75)66-63-60-57-54-51-48-45-42-30-27-24-21-18-15-12-9-6-3)80-74(77)68-65-62-59-56-53-50-47-44-41-38-36-34-32-29-26-23-20-17-14-11-8-5-2/h7,10,16,19,25,28,33,35,39-40,46,49,71H,4-6,8-9,11-15,17-18,20-24,26-27,29-32,34,36-38,41-45,47-48,50-70H2,1-3H3/b10-7-,19-16-,28-25-,35-33-,40-39-,49-46-. The molecule has 0 aromatic carbocycles. The van der Waals surface area contributed by atoms with Gasteiger partial charge in [0.05, 0.1) is 0 Å². The van der Waals surface area contributed by atoms with Crippen LogP contribution in [0.25, 0.3) is 0 Å². The largest absolute Gasteiger partial charge is 0.462 e. The molecule has 464 valence electrons. The summed E-state index contributed by atoms with van der Waals surface area (Å²) in [5, 5.41) is 0. The van der Waals surface area contributed by atoms with Crippen LogP contribution < -0.4 is 0 Å². The van der Waals surface area contributed by atoms with Crippen LogP contribution in [0.4, 0.5) is 0 Å². The Kier molecular flexibility index (Phi) is 65.7. The SMILES string of the molecule is CC/C=C\C/C=C\C/C=C\C/C=C\C/C=C\C/C=C\CCCCCCC(=O)OCC(COC(=O)CCCCCCCCCCCCCCCCCCC)OC(=O)CCCCCCCCCCCCCCCCCCCCCCCC. The lowest BCUT2D eigenvalue weighted by atomic mass is 10.0. The van der Waals surface area contributed by atoms with Gasteiger partial charge in [-0.15, -0.1) is 0 Å². The van der Waals surface area contributed by atoms with Crippen LogP contribution in [0.3, 0.4) is 0 Å². The summed E-state index contributed by atoms with van der Waals surface area (Å²) < 4.78 is 17.0. The van der Waals surface area contributed by atoms with Crippen LogP contribution in [0.15, 0.2) is 72.9 Å². The highest BCUT2D eigenvalue weighted by Gasteiger charge is 2.19. The highest BCUT2D eigenvalue weighted by molar-refractivity contribution is 5.71. The number of ether oxygens (including phenoxy) is 3. The van der Waals surface area contributed by atoms with Crippen molar-refractivity contribution in [1.29, 1.82) is 0 Å². The van der Waals surface area contributed by atoms with Gasteiger partial charge in [-0.05, 0) is 70.6 Å². The molecule has 0 amide bonds. The molecule has 0 aliphatic carbocycles. The molecule has 0 aromatic heterocycles. The molecule has 0 aliphatic heterocycles. The summed E-state index contributed by atoms with van der Waals surface area (Å²) in [5.74, 6) is -0.880. The Morgan fingerprint density at radius 3 is 0.762 bits per heavy atom. The molecule has 1 unspecified atom stereocenters. The first kappa shape index (κ1) is 76.9. The Morgan fingerprint density at radius 2 is 0.487 bits per heavy atom. The number of esters is 3. The second-order valence-corrected chi connectivity index (χ2v) is 23.4. The fourth-order valence-electron chi connectivity index (χ4n) is 10.3. The highest BCUT2D eigenvalue weighted by Crippen LogP contribution is 2.18. The van der Waals surface area contributed by atoms with Gasteiger partial charge in [0.15, 0.2) is 6.10 Å². The smallest absolute Gasteiger partial charge is 0.306 e. The van der Waals surface area contributed by atoms with E-state index in [2.05, 4.69) is 93.7 Å². The third kappa shape index (κ3) is 65.7. The molecular weight excluding hydrogens is 985 g/mol. The number of hydrogen-bond donors (Lipinski definition) is 0. The lowest BCUT2D eigenvalue weighted by Crippen LogP contribution is -2.30. The van der Waals surface area contributed by atoms with Crippen LogP contribution in [-0.4, -0.2) is 37.2 Å². The van der Waals surface area contributed by atoms with Crippen LogP contribution in [0.5, 0.6) is 0 Å². The summed E-state index contributed by atoms with van der Waals surface area (Å²) >= 11 is 0. The molecule has 0 saturated carbocycles. The Bertz CT molecular complexity index is 1470. The predicted molar refractivity (Wildman–Crippen MR) is 348 cm³/mol. The van der Waals surface area contributed by atoms with Gasteiger partial charge < -0.3 is 14.2 Å². The Labute approximate surface area is 497 Å². The molecule has 80 heavy (non-hydrogen) atoms. The summed E-state index contributed by atoms with van der Waals surface area (Å²) in [6, 6.07) is 0. The van der Waals surface area contributed by atoms with Crippen molar-refractivity contribution < 1.29 is 28.6 Å². The Balaban J connectivity index is 4.38. The molecule has 0 aromatic rings. The van der Waals surface area contributed by atoms with Crippen molar-refractivity contribution in [2.45, 2.75) is 367 Å². The number of allylic oxidation sites excluding steroid dienone is 12. The van der Waals surface area contributed by atoms with Crippen LogP contribution in [0, 0.1) is 0 Å². The fraction of sp³-hybridized carbons (Fsp3) is 0.797. The second-order valence-electron chi connectivity index (χ2n) is 23.4. The molecule has 0 spiro atoms. The third-order valence-corrected chi connectivity index (χ3v) is 15.5. The minimum absolute atomic E-state index is 0.0786. The van der Waals surface area contributed by atoms with Crippen LogP contribution in [0.1, 0.15) is 361 Å². The van der Waals surface area contributed by atoms with Gasteiger partial charge in [-0.1, -0.05) is 344 Å². The van der Waals surface area contributed by atoms with E-state index >= 15 is 0 Å². The van der Waals surface area contributed by atoms with Crippen molar-refractivity contribution in [1.82, 2.24) is 0 Å². The molecule has 0 bridgehead atoms. The average Bonchev–Trinajstić information content (AvgIpc) is 3.46. The summed E-state index contributed by atoms with van der Waals surface area (Å²) in [5.41, 5.74) is 0. The third-order valence-electron chi connectivity index (χ3n) is 15.5. The van der Waals surface area contributed by atoms with Crippen LogP contribution in [-0.2, 0) is 28.6 Å². The van der Waals surface area contributed by atoms with Gasteiger partial charge in [-0.2, -0.15) is 0 Å². The maximum atomic E-state index is 13.0. The number of carbonyl (C=O) groups is 3. The molecule has 0 N–H and O–H groups in total. The second kappa shape index (κ2) is 68.3. The summed E-state index contributed by atoms with van der Waals surface area (Å²) in [7, 11) is 0. The zero-order chi connectivity index (χ0) is 57.8. The molecule has 0 heterocycles.